The first-order valence-electron chi connectivity index (χ1n) is 7.44. The fourth-order valence-corrected chi connectivity index (χ4v) is 2.84. The van der Waals surface area contributed by atoms with Crippen LogP contribution in [0.1, 0.15) is 22.7 Å². The summed E-state index contributed by atoms with van der Waals surface area (Å²) in [7, 11) is 0. The van der Waals surface area contributed by atoms with E-state index in [2.05, 4.69) is 0 Å². The van der Waals surface area contributed by atoms with Crippen molar-refractivity contribution in [1.29, 1.82) is 0 Å². The fourth-order valence-electron chi connectivity index (χ4n) is 2.84. The third-order valence-corrected chi connectivity index (χ3v) is 4.20. The number of rotatable bonds is 4. The largest absolute Gasteiger partial charge is 0.492 e. The number of amides is 1. The summed E-state index contributed by atoms with van der Waals surface area (Å²) in [4.78, 5) is 14.2. The van der Waals surface area contributed by atoms with E-state index in [1.54, 1.807) is 4.90 Å². The van der Waals surface area contributed by atoms with E-state index in [4.69, 9.17) is 10.5 Å². The quantitative estimate of drug-likeness (QED) is 0.944. The predicted molar refractivity (Wildman–Crippen MR) is 87.1 cm³/mol. The van der Waals surface area contributed by atoms with E-state index >= 15 is 0 Å². The van der Waals surface area contributed by atoms with Gasteiger partial charge in [-0.1, -0.05) is 30.3 Å². The van der Waals surface area contributed by atoms with Crippen LogP contribution in [-0.4, -0.2) is 19.1 Å². The number of aryl methyl sites for hydroxylation is 1. The second kappa shape index (κ2) is 5.81. The lowest BCUT2D eigenvalue weighted by Gasteiger charge is -2.20. The van der Waals surface area contributed by atoms with Gasteiger partial charge in [0.25, 0.3) is 0 Å². The highest BCUT2D eigenvalue weighted by Crippen LogP contribution is 2.38. The molecule has 0 aromatic heterocycles. The first-order chi connectivity index (χ1) is 10.6. The van der Waals surface area contributed by atoms with Crippen molar-refractivity contribution in [2.24, 2.45) is 5.73 Å². The Kier molecular flexibility index (Phi) is 3.86. The number of hydrogen-bond donors (Lipinski definition) is 1. The first-order valence-corrected chi connectivity index (χ1v) is 7.44. The van der Waals surface area contributed by atoms with E-state index in [-0.39, 0.29) is 5.91 Å². The molecule has 1 unspecified atom stereocenters. The molecule has 2 aromatic carbocycles. The molecule has 1 amide bonds. The Morgan fingerprint density at radius 1 is 1.14 bits per heavy atom. The number of hydrogen-bond acceptors (Lipinski definition) is 3. The molecule has 0 spiro atoms. The van der Waals surface area contributed by atoms with E-state index in [9.17, 15) is 4.79 Å². The smallest absolute Gasteiger partial charge is 0.248 e. The van der Waals surface area contributed by atoms with Gasteiger partial charge in [-0.05, 0) is 37.1 Å². The van der Waals surface area contributed by atoms with Gasteiger partial charge in [0.1, 0.15) is 18.4 Å². The van der Waals surface area contributed by atoms with Crippen molar-refractivity contribution < 1.29 is 9.53 Å². The van der Waals surface area contributed by atoms with Crippen LogP contribution >= 0.6 is 0 Å². The topological polar surface area (TPSA) is 55.6 Å². The van der Waals surface area contributed by atoms with Crippen LogP contribution in [0.15, 0.2) is 42.5 Å². The van der Waals surface area contributed by atoms with Gasteiger partial charge in [-0.3, -0.25) is 4.79 Å². The monoisotopic (exact) mass is 296 g/mol. The zero-order valence-corrected chi connectivity index (χ0v) is 12.9. The van der Waals surface area contributed by atoms with Crippen molar-refractivity contribution in [3.05, 3.63) is 59.2 Å². The zero-order chi connectivity index (χ0) is 15.7. The number of carbonyl (C=O) groups is 1. The number of carbonyl (C=O) groups excluding carboxylic acids is 1. The maximum atomic E-state index is 12.4. The molecule has 1 aliphatic rings. The molecule has 1 atom stereocenters. The van der Waals surface area contributed by atoms with Gasteiger partial charge < -0.3 is 15.4 Å². The number of para-hydroxylation sites is 1. The lowest BCUT2D eigenvalue weighted by atomic mass is 10.0. The van der Waals surface area contributed by atoms with Crippen molar-refractivity contribution in [3.63, 3.8) is 0 Å². The van der Waals surface area contributed by atoms with Crippen LogP contribution in [-0.2, 0) is 4.79 Å². The molecule has 4 nitrogen and oxygen atoms in total. The number of benzene rings is 2. The van der Waals surface area contributed by atoms with Gasteiger partial charge in [0.2, 0.25) is 5.91 Å². The van der Waals surface area contributed by atoms with E-state index in [1.807, 2.05) is 56.3 Å². The molecule has 0 radical (unpaired) electrons. The van der Waals surface area contributed by atoms with Gasteiger partial charge in [0.15, 0.2) is 0 Å². The molecule has 2 aromatic rings. The Morgan fingerprint density at radius 2 is 1.86 bits per heavy atom. The molecular weight excluding hydrogens is 276 g/mol. The Labute approximate surface area is 130 Å². The molecule has 22 heavy (non-hydrogen) atoms. The van der Waals surface area contributed by atoms with Crippen molar-refractivity contribution in [2.75, 3.05) is 18.1 Å². The van der Waals surface area contributed by atoms with Crippen LogP contribution in [0.5, 0.6) is 5.75 Å². The van der Waals surface area contributed by atoms with Crippen LogP contribution in [0.3, 0.4) is 0 Å². The molecule has 3 rings (SSSR count). The minimum absolute atomic E-state index is 0.0552. The lowest BCUT2D eigenvalue weighted by Crippen LogP contribution is -2.35. The third-order valence-electron chi connectivity index (χ3n) is 4.20. The summed E-state index contributed by atoms with van der Waals surface area (Å²) in [5.74, 6) is 0.750. The number of ether oxygens (including phenoxy) is 1. The molecule has 0 saturated carbocycles. The molecule has 0 saturated heterocycles. The summed E-state index contributed by atoms with van der Waals surface area (Å²) in [6, 6.07) is 13.0. The van der Waals surface area contributed by atoms with E-state index in [1.165, 1.54) is 0 Å². The minimum atomic E-state index is -0.564. The summed E-state index contributed by atoms with van der Waals surface area (Å²) in [6.07, 6.45) is 0. The van der Waals surface area contributed by atoms with E-state index in [0.29, 0.717) is 13.2 Å². The van der Waals surface area contributed by atoms with Crippen molar-refractivity contribution in [3.8, 4) is 5.75 Å². The molecule has 0 fully saturated rings. The van der Waals surface area contributed by atoms with Crippen molar-refractivity contribution in [1.82, 2.24) is 0 Å². The summed E-state index contributed by atoms with van der Waals surface area (Å²) in [5, 5.41) is 0. The second-order valence-electron chi connectivity index (χ2n) is 5.57. The summed E-state index contributed by atoms with van der Waals surface area (Å²) >= 11 is 0. The Bertz CT molecular complexity index is 698. The van der Waals surface area contributed by atoms with Gasteiger partial charge in [-0.25, -0.2) is 0 Å². The minimum Gasteiger partial charge on any atom is -0.492 e. The Balaban J connectivity index is 1.78. The first kappa shape index (κ1) is 14.6. The highest BCUT2D eigenvalue weighted by molar-refractivity contribution is 6.05. The maximum Gasteiger partial charge on any atom is 0.248 e. The van der Waals surface area contributed by atoms with Gasteiger partial charge in [0, 0.05) is 5.56 Å². The van der Waals surface area contributed by atoms with Crippen molar-refractivity contribution in [2.45, 2.75) is 19.9 Å². The SMILES string of the molecule is Cc1ccc2c(c1C)N(CCOc1ccccc1)C(=O)C2N. The second-order valence-corrected chi connectivity index (χ2v) is 5.57. The van der Waals surface area contributed by atoms with Gasteiger partial charge in [0.05, 0.1) is 12.2 Å². The Morgan fingerprint density at radius 3 is 2.59 bits per heavy atom. The molecule has 0 aliphatic carbocycles. The molecule has 114 valence electrons. The highest BCUT2D eigenvalue weighted by Gasteiger charge is 2.35. The maximum absolute atomic E-state index is 12.4. The van der Waals surface area contributed by atoms with Gasteiger partial charge in [-0.15, -0.1) is 0 Å². The molecule has 4 heteroatoms. The Hall–Kier alpha value is -2.33. The third kappa shape index (κ3) is 2.46. The predicted octanol–water partition coefficient (Wildman–Crippen LogP) is 2.73. The summed E-state index contributed by atoms with van der Waals surface area (Å²) < 4.78 is 5.70. The van der Waals surface area contributed by atoms with Crippen LogP contribution in [0.4, 0.5) is 5.69 Å². The molecule has 0 bridgehead atoms. The average molecular weight is 296 g/mol. The van der Waals surface area contributed by atoms with E-state index < -0.39 is 6.04 Å². The molecule has 2 N–H and O–H groups in total. The average Bonchev–Trinajstić information content (AvgIpc) is 2.77. The van der Waals surface area contributed by atoms with Crippen LogP contribution < -0.4 is 15.4 Å². The summed E-state index contributed by atoms with van der Waals surface area (Å²) in [5.41, 5.74) is 10.2. The van der Waals surface area contributed by atoms with Gasteiger partial charge >= 0.3 is 0 Å². The van der Waals surface area contributed by atoms with E-state index in [0.717, 1.165) is 28.1 Å². The van der Waals surface area contributed by atoms with Gasteiger partial charge in [-0.2, -0.15) is 0 Å². The lowest BCUT2D eigenvalue weighted by molar-refractivity contribution is -0.119. The van der Waals surface area contributed by atoms with Crippen molar-refractivity contribution >= 4 is 11.6 Å². The fraction of sp³-hybridized carbons (Fsp3) is 0.278. The zero-order valence-electron chi connectivity index (χ0n) is 12.9. The molecular formula is C18H20N2O2. The number of fused-ring (bicyclic) bond motifs is 1. The van der Waals surface area contributed by atoms with Crippen LogP contribution in [0, 0.1) is 13.8 Å². The highest BCUT2D eigenvalue weighted by atomic mass is 16.5. The molecule has 1 heterocycles. The number of nitrogens with two attached hydrogens (primary N) is 1. The standard InChI is InChI=1S/C18H20N2O2/c1-12-8-9-15-16(19)18(21)20(17(15)13(12)2)10-11-22-14-6-4-3-5-7-14/h3-9,16H,10-11,19H2,1-2H3. The van der Waals surface area contributed by atoms with Crippen LogP contribution in [0.2, 0.25) is 0 Å². The van der Waals surface area contributed by atoms with Crippen LogP contribution in [0.25, 0.3) is 0 Å². The number of nitrogens with zero attached hydrogens (tertiary/aromatic N) is 1. The summed E-state index contributed by atoms with van der Waals surface area (Å²) in [6.45, 7) is 5.02. The number of anilines is 1. The normalized spacial score (nSPS) is 16.8. The molecule has 1 aliphatic heterocycles.